The molecular formula is C19H16ClFN4O4. The maximum Gasteiger partial charge on any atom is 0.316 e. The van der Waals surface area contributed by atoms with Crippen molar-refractivity contribution in [3.8, 4) is 17.1 Å². The third-order valence-corrected chi connectivity index (χ3v) is 3.89. The highest BCUT2D eigenvalue weighted by atomic mass is 35.5. The standard InChI is InChI=1S/C19H16ClFN4O4/c20-13-3-1-12(2-4-13)17-24-19(29-25-17)18(27)23-10-9-22-16(26)11-28-15-7-5-14(21)6-8-15/h1-8H,9-11H2,(H,22,26)(H,23,27). The Morgan fingerprint density at radius 3 is 2.45 bits per heavy atom. The van der Waals surface area contributed by atoms with Gasteiger partial charge in [0.15, 0.2) is 6.61 Å². The Morgan fingerprint density at radius 2 is 1.72 bits per heavy atom. The first kappa shape index (κ1) is 20.3. The van der Waals surface area contributed by atoms with Gasteiger partial charge in [-0.2, -0.15) is 4.98 Å². The molecule has 0 atom stereocenters. The van der Waals surface area contributed by atoms with Crippen LogP contribution in [0.5, 0.6) is 5.75 Å². The van der Waals surface area contributed by atoms with Gasteiger partial charge in [0.1, 0.15) is 11.6 Å². The molecule has 3 aromatic rings. The van der Waals surface area contributed by atoms with Crippen molar-refractivity contribution in [1.82, 2.24) is 20.8 Å². The van der Waals surface area contributed by atoms with Crippen LogP contribution in [0.2, 0.25) is 5.02 Å². The Labute approximate surface area is 170 Å². The summed E-state index contributed by atoms with van der Waals surface area (Å²) in [5.74, 6) is -0.887. The lowest BCUT2D eigenvalue weighted by molar-refractivity contribution is -0.123. The van der Waals surface area contributed by atoms with E-state index in [0.717, 1.165) is 0 Å². The Bertz CT molecular complexity index is 977. The van der Waals surface area contributed by atoms with Crippen LogP contribution in [-0.4, -0.2) is 41.7 Å². The molecule has 2 N–H and O–H groups in total. The van der Waals surface area contributed by atoms with E-state index in [1.54, 1.807) is 24.3 Å². The molecule has 150 valence electrons. The number of hydrogen-bond acceptors (Lipinski definition) is 6. The number of nitrogens with zero attached hydrogens (tertiary/aromatic N) is 2. The van der Waals surface area contributed by atoms with Gasteiger partial charge >= 0.3 is 11.8 Å². The normalized spacial score (nSPS) is 10.4. The van der Waals surface area contributed by atoms with Gasteiger partial charge in [0, 0.05) is 23.7 Å². The second-order valence-corrected chi connectivity index (χ2v) is 6.21. The van der Waals surface area contributed by atoms with Gasteiger partial charge in [0.25, 0.3) is 5.91 Å². The third kappa shape index (κ3) is 6.01. The Morgan fingerprint density at radius 1 is 1.03 bits per heavy atom. The smallest absolute Gasteiger partial charge is 0.316 e. The summed E-state index contributed by atoms with van der Waals surface area (Å²) in [5, 5.41) is 9.45. The predicted octanol–water partition coefficient (Wildman–Crippen LogP) is 2.45. The van der Waals surface area contributed by atoms with Crippen LogP contribution in [0, 0.1) is 5.82 Å². The average Bonchev–Trinajstić information content (AvgIpc) is 3.21. The van der Waals surface area contributed by atoms with E-state index < -0.39 is 5.91 Å². The summed E-state index contributed by atoms with van der Waals surface area (Å²) in [6.07, 6.45) is 0. The topological polar surface area (TPSA) is 106 Å². The van der Waals surface area contributed by atoms with Gasteiger partial charge in [-0.25, -0.2) is 4.39 Å². The summed E-state index contributed by atoms with van der Waals surface area (Å²) in [4.78, 5) is 27.8. The fourth-order valence-electron chi connectivity index (χ4n) is 2.22. The lowest BCUT2D eigenvalue weighted by Gasteiger charge is -2.07. The quantitative estimate of drug-likeness (QED) is 0.544. The van der Waals surface area contributed by atoms with Crippen molar-refractivity contribution >= 4 is 23.4 Å². The highest BCUT2D eigenvalue weighted by molar-refractivity contribution is 6.30. The summed E-state index contributed by atoms with van der Waals surface area (Å²) >= 11 is 5.82. The molecule has 3 rings (SSSR count). The second-order valence-electron chi connectivity index (χ2n) is 5.78. The zero-order chi connectivity index (χ0) is 20.6. The van der Waals surface area contributed by atoms with Gasteiger partial charge in [-0.15, -0.1) is 0 Å². The fourth-order valence-corrected chi connectivity index (χ4v) is 2.34. The number of ether oxygens (including phenoxy) is 1. The second kappa shape index (κ2) is 9.65. The first-order chi connectivity index (χ1) is 14.0. The van der Waals surface area contributed by atoms with Gasteiger partial charge in [0.05, 0.1) is 0 Å². The number of hydrogen-bond donors (Lipinski definition) is 2. The molecule has 0 unspecified atom stereocenters. The van der Waals surface area contributed by atoms with Crippen LogP contribution in [0.15, 0.2) is 53.1 Å². The molecule has 0 spiro atoms. The van der Waals surface area contributed by atoms with Crippen LogP contribution in [-0.2, 0) is 4.79 Å². The molecule has 8 nitrogen and oxygen atoms in total. The van der Waals surface area contributed by atoms with Crippen molar-refractivity contribution in [3.63, 3.8) is 0 Å². The van der Waals surface area contributed by atoms with E-state index in [2.05, 4.69) is 20.8 Å². The number of amides is 2. The molecule has 0 bridgehead atoms. The van der Waals surface area contributed by atoms with Crippen LogP contribution in [0.1, 0.15) is 10.7 Å². The number of benzene rings is 2. The highest BCUT2D eigenvalue weighted by Crippen LogP contribution is 2.18. The molecule has 10 heteroatoms. The largest absolute Gasteiger partial charge is 0.484 e. The van der Waals surface area contributed by atoms with Gasteiger partial charge in [-0.1, -0.05) is 16.8 Å². The average molecular weight is 419 g/mol. The molecule has 0 aliphatic carbocycles. The zero-order valence-electron chi connectivity index (χ0n) is 15.0. The monoisotopic (exact) mass is 418 g/mol. The summed E-state index contributed by atoms with van der Waals surface area (Å²) in [7, 11) is 0. The molecule has 1 aromatic heterocycles. The van der Waals surface area contributed by atoms with Crippen molar-refractivity contribution in [2.24, 2.45) is 0 Å². The Balaban J connectivity index is 1.38. The number of aromatic nitrogens is 2. The van der Waals surface area contributed by atoms with Crippen molar-refractivity contribution in [2.75, 3.05) is 19.7 Å². The van der Waals surface area contributed by atoms with Crippen LogP contribution < -0.4 is 15.4 Å². The number of halogens is 2. The summed E-state index contributed by atoms with van der Waals surface area (Å²) < 4.78 is 23.0. The number of carbonyl (C=O) groups is 2. The zero-order valence-corrected chi connectivity index (χ0v) is 15.8. The van der Waals surface area contributed by atoms with Gasteiger partial charge in [-0.3, -0.25) is 9.59 Å². The number of carbonyl (C=O) groups excluding carboxylic acids is 2. The van der Waals surface area contributed by atoms with Crippen LogP contribution in [0.25, 0.3) is 11.4 Å². The fraction of sp³-hybridized carbons (Fsp3) is 0.158. The molecular weight excluding hydrogens is 403 g/mol. The summed E-state index contributed by atoms with van der Waals surface area (Å²) in [6.45, 7) is 0.100. The van der Waals surface area contributed by atoms with Crippen LogP contribution in [0.3, 0.4) is 0 Å². The molecule has 29 heavy (non-hydrogen) atoms. The molecule has 0 saturated carbocycles. The van der Waals surface area contributed by atoms with E-state index in [9.17, 15) is 14.0 Å². The van der Waals surface area contributed by atoms with E-state index in [-0.39, 0.29) is 43.1 Å². The molecule has 2 amide bonds. The van der Waals surface area contributed by atoms with E-state index in [1.165, 1.54) is 24.3 Å². The van der Waals surface area contributed by atoms with E-state index in [4.69, 9.17) is 20.9 Å². The third-order valence-electron chi connectivity index (χ3n) is 3.64. The van der Waals surface area contributed by atoms with E-state index in [0.29, 0.717) is 16.3 Å². The lowest BCUT2D eigenvalue weighted by Crippen LogP contribution is -2.36. The molecule has 0 aliphatic rings. The van der Waals surface area contributed by atoms with Gasteiger partial charge in [-0.05, 0) is 48.5 Å². The number of rotatable bonds is 8. The first-order valence-corrected chi connectivity index (χ1v) is 8.92. The molecule has 0 aliphatic heterocycles. The molecule has 2 aromatic carbocycles. The Kier molecular flexibility index (Phi) is 6.75. The molecule has 0 saturated heterocycles. The minimum Gasteiger partial charge on any atom is -0.484 e. The van der Waals surface area contributed by atoms with E-state index >= 15 is 0 Å². The minimum absolute atomic E-state index is 0.153. The summed E-state index contributed by atoms with van der Waals surface area (Å²) in [5.41, 5.74) is 0.658. The first-order valence-electron chi connectivity index (χ1n) is 8.54. The van der Waals surface area contributed by atoms with Gasteiger partial charge < -0.3 is 19.9 Å². The van der Waals surface area contributed by atoms with E-state index in [1.807, 2.05) is 0 Å². The molecule has 1 heterocycles. The highest BCUT2D eigenvalue weighted by Gasteiger charge is 2.15. The van der Waals surface area contributed by atoms with Crippen LogP contribution >= 0.6 is 11.6 Å². The Hall–Kier alpha value is -3.46. The van der Waals surface area contributed by atoms with Crippen molar-refractivity contribution in [1.29, 1.82) is 0 Å². The maximum atomic E-state index is 12.8. The summed E-state index contributed by atoms with van der Waals surface area (Å²) in [6, 6.07) is 12.1. The van der Waals surface area contributed by atoms with Crippen molar-refractivity contribution in [3.05, 3.63) is 65.3 Å². The lowest BCUT2D eigenvalue weighted by atomic mass is 10.2. The van der Waals surface area contributed by atoms with Crippen LogP contribution in [0.4, 0.5) is 4.39 Å². The predicted molar refractivity (Wildman–Crippen MR) is 102 cm³/mol. The van der Waals surface area contributed by atoms with Crippen molar-refractivity contribution < 1.29 is 23.2 Å². The van der Waals surface area contributed by atoms with Gasteiger partial charge in [0.2, 0.25) is 5.82 Å². The molecule has 0 radical (unpaired) electrons. The van der Waals surface area contributed by atoms with Crippen molar-refractivity contribution in [2.45, 2.75) is 0 Å². The number of nitrogens with one attached hydrogen (secondary N) is 2. The maximum absolute atomic E-state index is 12.8. The SMILES string of the molecule is O=C(COc1ccc(F)cc1)NCCNC(=O)c1nc(-c2ccc(Cl)cc2)no1. The minimum atomic E-state index is -0.561. The molecule has 0 fully saturated rings.